The number of nitriles is 1. The minimum Gasteiger partial charge on any atom is -0.211 e. The van der Waals surface area contributed by atoms with Crippen molar-refractivity contribution in [2.45, 2.75) is 16.5 Å². The molecule has 92 valence electrons. The van der Waals surface area contributed by atoms with Crippen LogP contribution in [0.25, 0.3) is 5.69 Å². The summed E-state index contributed by atoms with van der Waals surface area (Å²) in [4.78, 5) is 0. The molecule has 0 radical (unpaired) electrons. The molecule has 0 aliphatic heterocycles. The molecule has 18 heavy (non-hydrogen) atoms. The van der Waals surface area contributed by atoms with Gasteiger partial charge in [-0.3, -0.25) is 0 Å². The van der Waals surface area contributed by atoms with Crippen LogP contribution in [0.4, 0.5) is 4.39 Å². The number of benzene rings is 1. The van der Waals surface area contributed by atoms with Crippen molar-refractivity contribution >= 4 is 35.3 Å². The van der Waals surface area contributed by atoms with Crippen LogP contribution in [0.2, 0.25) is 0 Å². The molecular formula is C11H8FN3S3. The molecule has 1 atom stereocenters. The Hall–Kier alpha value is -1.23. The third kappa shape index (κ3) is 2.96. The van der Waals surface area contributed by atoms with E-state index in [0.29, 0.717) is 9.64 Å². The van der Waals surface area contributed by atoms with E-state index in [1.165, 1.54) is 35.2 Å². The van der Waals surface area contributed by atoms with Crippen LogP contribution in [0, 0.1) is 21.1 Å². The summed E-state index contributed by atoms with van der Waals surface area (Å²) in [6.45, 7) is 1.80. The summed E-state index contributed by atoms with van der Waals surface area (Å²) in [7, 11) is 0. The number of halogens is 1. The maximum Gasteiger partial charge on any atom is 0.184 e. The predicted octanol–water partition coefficient (Wildman–Crippen LogP) is 3.81. The van der Waals surface area contributed by atoms with Gasteiger partial charge in [-0.1, -0.05) is 23.1 Å². The summed E-state index contributed by atoms with van der Waals surface area (Å²) in [6.07, 6.45) is 0. The number of hydrogen-bond acceptors (Lipinski definition) is 5. The van der Waals surface area contributed by atoms with Crippen LogP contribution >= 0.6 is 35.3 Å². The molecule has 2 rings (SSSR count). The lowest BCUT2D eigenvalue weighted by atomic mass is 10.3. The molecule has 7 heteroatoms. The maximum absolute atomic E-state index is 12.8. The van der Waals surface area contributed by atoms with E-state index in [4.69, 9.17) is 17.5 Å². The molecule has 0 bridgehead atoms. The monoisotopic (exact) mass is 297 g/mol. The Labute approximate surface area is 117 Å². The molecular weight excluding hydrogens is 289 g/mol. The van der Waals surface area contributed by atoms with Crippen molar-refractivity contribution in [3.63, 3.8) is 0 Å². The molecule has 0 amide bonds. The van der Waals surface area contributed by atoms with E-state index in [2.05, 4.69) is 11.2 Å². The Bertz CT molecular complexity index is 639. The third-order valence-corrected chi connectivity index (χ3v) is 4.37. The number of hydrogen-bond donors (Lipinski definition) is 0. The second kappa shape index (κ2) is 5.61. The zero-order valence-electron chi connectivity index (χ0n) is 9.33. The summed E-state index contributed by atoms with van der Waals surface area (Å²) in [5.74, 6) is -0.298. The lowest BCUT2D eigenvalue weighted by Crippen LogP contribution is -1.97. The van der Waals surface area contributed by atoms with E-state index in [0.717, 1.165) is 4.34 Å². The van der Waals surface area contributed by atoms with E-state index in [1.807, 2.05) is 0 Å². The summed E-state index contributed by atoms with van der Waals surface area (Å²) in [5.41, 5.74) is 0.717. The molecule has 0 saturated heterocycles. The fourth-order valence-electron chi connectivity index (χ4n) is 1.23. The zero-order chi connectivity index (χ0) is 13.1. The van der Waals surface area contributed by atoms with Gasteiger partial charge in [0.2, 0.25) is 0 Å². The van der Waals surface area contributed by atoms with E-state index >= 15 is 0 Å². The Balaban J connectivity index is 2.33. The molecule has 0 N–H and O–H groups in total. The van der Waals surface area contributed by atoms with Crippen molar-refractivity contribution in [1.82, 2.24) is 9.78 Å². The van der Waals surface area contributed by atoms with Gasteiger partial charge >= 0.3 is 0 Å². The molecule has 0 aliphatic carbocycles. The largest absolute Gasteiger partial charge is 0.211 e. The molecule has 1 aromatic carbocycles. The van der Waals surface area contributed by atoms with E-state index < -0.39 is 0 Å². The molecule has 0 fully saturated rings. The summed E-state index contributed by atoms with van der Waals surface area (Å²) in [5, 5.41) is 12.9. The van der Waals surface area contributed by atoms with Crippen LogP contribution < -0.4 is 0 Å². The first-order valence-electron chi connectivity index (χ1n) is 5.02. The average Bonchev–Trinajstić information content (AvgIpc) is 2.71. The van der Waals surface area contributed by atoms with Gasteiger partial charge in [-0.2, -0.15) is 5.26 Å². The average molecular weight is 297 g/mol. The van der Waals surface area contributed by atoms with Crippen LogP contribution in [0.1, 0.15) is 6.92 Å². The first-order valence-corrected chi connectivity index (χ1v) is 7.13. The molecule has 1 aromatic heterocycles. The van der Waals surface area contributed by atoms with Crippen molar-refractivity contribution in [2.75, 3.05) is 0 Å². The Morgan fingerprint density at radius 3 is 2.78 bits per heavy atom. The van der Waals surface area contributed by atoms with Gasteiger partial charge in [-0.15, -0.1) is 5.10 Å². The number of thioether (sulfide) groups is 1. The fraction of sp³-hybridized carbons (Fsp3) is 0.182. The van der Waals surface area contributed by atoms with Crippen molar-refractivity contribution in [3.05, 3.63) is 34.0 Å². The smallest absolute Gasteiger partial charge is 0.184 e. The molecule has 2 aromatic rings. The van der Waals surface area contributed by atoms with Gasteiger partial charge in [0.15, 0.2) is 8.29 Å². The Kier molecular flexibility index (Phi) is 4.11. The zero-order valence-corrected chi connectivity index (χ0v) is 11.8. The van der Waals surface area contributed by atoms with Crippen LogP contribution in [0.5, 0.6) is 0 Å². The molecule has 0 saturated carbocycles. The molecule has 0 aliphatic rings. The minimum absolute atomic E-state index is 0.174. The van der Waals surface area contributed by atoms with Crippen molar-refractivity contribution in [3.8, 4) is 11.8 Å². The summed E-state index contributed by atoms with van der Waals surface area (Å²) < 4.78 is 15.7. The second-order valence-electron chi connectivity index (χ2n) is 3.41. The highest BCUT2D eigenvalue weighted by Crippen LogP contribution is 2.27. The topological polar surface area (TPSA) is 41.6 Å². The highest BCUT2D eigenvalue weighted by molar-refractivity contribution is 8.01. The number of rotatable bonds is 3. The lowest BCUT2D eigenvalue weighted by Gasteiger charge is -2.00. The predicted molar refractivity (Wildman–Crippen MR) is 73.2 cm³/mol. The van der Waals surface area contributed by atoms with Crippen molar-refractivity contribution < 1.29 is 4.39 Å². The van der Waals surface area contributed by atoms with Crippen LogP contribution in [-0.4, -0.2) is 15.0 Å². The molecule has 0 spiro atoms. The molecule has 1 heterocycles. The number of nitrogens with zero attached hydrogens (tertiary/aromatic N) is 3. The van der Waals surface area contributed by atoms with Gasteiger partial charge in [-0.05, 0) is 43.4 Å². The standard InChI is InChI=1S/C11H8FN3S3/c1-7(6-13)17-10-14-15(11(16)18-10)9-4-2-8(12)3-5-9/h2-5,7H,1H3/t7-/m1/s1. The lowest BCUT2D eigenvalue weighted by molar-refractivity contribution is 0.627. The van der Waals surface area contributed by atoms with E-state index in [-0.39, 0.29) is 11.1 Å². The number of aromatic nitrogens is 2. The highest BCUT2D eigenvalue weighted by atomic mass is 32.2. The Morgan fingerprint density at radius 1 is 1.50 bits per heavy atom. The van der Waals surface area contributed by atoms with E-state index in [1.54, 1.807) is 23.7 Å². The third-order valence-electron chi connectivity index (χ3n) is 2.06. The Morgan fingerprint density at radius 2 is 2.17 bits per heavy atom. The fourth-order valence-corrected chi connectivity index (χ4v) is 3.62. The van der Waals surface area contributed by atoms with Gasteiger partial charge in [0.05, 0.1) is 17.0 Å². The van der Waals surface area contributed by atoms with Crippen LogP contribution in [0.3, 0.4) is 0 Å². The van der Waals surface area contributed by atoms with Gasteiger partial charge in [0.1, 0.15) is 5.82 Å². The minimum atomic E-state index is -0.298. The normalized spacial score (nSPS) is 12.1. The van der Waals surface area contributed by atoms with Gasteiger partial charge in [0.25, 0.3) is 0 Å². The van der Waals surface area contributed by atoms with Crippen molar-refractivity contribution in [1.29, 1.82) is 5.26 Å². The van der Waals surface area contributed by atoms with Crippen LogP contribution in [0.15, 0.2) is 28.6 Å². The van der Waals surface area contributed by atoms with E-state index in [9.17, 15) is 4.39 Å². The SMILES string of the molecule is C[C@H](C#N)Sc1nn(-c2ccc(F)cc2)c(=S)s1. The van der Waals surface area contributed by atoms with Gasteiger partial charge in [-0.25, -0.2) is 9.07 Å². The quantitative estimate of drug-likeness (QED) is 0.638. The van der Waals surface area contributed by atoms with Crippen molar-refractivity contribution in [2.24, 2.45) is 0 Å². The van der Waals surface area contributed by atoms with Gasteiger partial charge in [0, 0.05) is 0 Å². The molecule has 3 nitrogen and oxygen atoms in total. The first kappa shape index (κ1) is 13.2. The maximum atomic E-state index is 12.8. The summed E-state index contributed by atoms with van der Waals surface area (Å²) in [6, 6.07) is 8.09. The highest BCUT2D eigenvalue weighted by Gasteiger charge is 2.10. The van der Waals surface area contributed by atoms with Crippen LogP contribution in [-0.2, 0) is 0 Å². The first-order chi connectivity index (χ1) is 8.60. The second-order valence-corrected chi connectivity index (χ2v) is 6.62. The summed E-state index contributed by atoms with van der Waals surface area (Å²) >= 11 is 7.91. The molecule has 0 unspecified atom stereocenters. The van der Waals surface area contributed by atoms with Gasteiger partial charge < -0.3 is 0 Å².